The standard InChI is InChI=1S/C12H22N2O3/c1-9(11(15)17-3)8-14(2)12(16)13-10-6-4-5-7-10/h9-10H,4-8H2,1-3H3,(H,13,16). The van der Waals surface area contributed by atoms with Crippen LogP contribution in [0.4, 0.5) is 4.79 Å². The Morgan fingerprint density at radius 3 is 2.53 bits per heavy atom. The van der Waals surface area contributed by atoms with Gasteiger partial charge in [0, 0.05) is 19.6 Å². The van der Waals surface area contributed by atoms with Crippen molar-refractivity contribution in [2.75, 3.05) is 20.7 Å². The van der Waals surface area contributed by atoms with Crippen molar-refractivity contribution in [1.82, 2.24) is 10.2 Å². The second-order valence-corrected chi connectivity index (χ2v) is 4.74. The summed E-state index contributed by atoms with van der Waals surface area (Å²) in [4.78, 5) is 24.6. The van der Waals surface area contributed by atoms with Crippen molar-refractivity contribution >= 4 is 12.0 Å². The van der Waals surface area contributed by atoms with Crippen molar-refractivity contribution in [2.24, 2.45) is 5.92 Å². The van der Waals surface area contributed by atoms with Crippen molar-refractivity contribution in [3.63, 3.8) is 0 Å². The molecule has 0 radical (unpaired) electrons. The third-order valence-corrected chi connectivity index (χ3v) is 3.18. The molecule has 1 aliphatic carbocycles. The molecule has 1 aliphatic rings. The molecule has 0 bridgehead atoms. The minimum Gasteiger partial charge on any atom is -0.469 e. The second kappa shape index (κ2) is 6.47. The molecular formula is C12H22N2O3. The van der Waals surface area contributed by atoms with Gasteiger partial charge in [-0.15, -0.1) is 0 Å². The lowest BCUT2D eigenvalue weighted by Crippen LogP contribution is -2.44. The van der Waals surface area contributed by atoms with Crippen LogP contribution in [0.15, 0.2) is 0 Å². The molecule has 0 aliphatic heterocycles. The van der Waals surface area contributed by atoms with Gasteiger partial charge in [0.1, 0.15) is 0 Å². The van der Waals surface area contributed by atoms with Crippen LogP contribution in [0.25, 0.3) is 0 Å². The van der Waals surface area contributed by atoms with Crippen LogP contribution in [0.5, 0.6) is 0 Å². The Balaban J connectivity index is 2.32. The summed E-state index contributed by atoms with van der Waals surface area (Å²) in [6.07, 6.45) is 4.50. The van der Waals surface area contributed by atoms with E-state index in [1.807, 2.05) is 0 Å². The molecule has 1 rings (SSSR count). The number of nitrogens with one attached hydrogen (secondary N) is 1. The summed E-state index contributed by atoms with van der Waals surface area (Å²) >= 11 is 0. The molecule has 1 N–H and O–H groups in total. The summed E-state index contributed by atoms with van der Waals surface area (Å²) in [5.41, 5.74) is 0. The Morgan fingerprint density at radius 1 is 1.41 bits per heavy atom. The van der Waals surface area contributed by atoms with Crippen molar-refractivity contribution in [1.29, 1.82) is 0 Å². The van der Waals surface area contributed by atoms with Crippen LogP contribution < -0.4 is 5.32 Å². The molecule has 0 aromatic rings. The van der Waals surface area contributed by atoms with Gasteiger partial charge in [0.25, 0.3) is 0 Å². The lowest BCUT2D eigenvalue weighted by Gasteiger charge is -2.23. The van der Waals surface area contributed by atoms with Gasteiger partial charge < -0.3 is 15.0 Å². The number of esters is 1. The van der Waals surface area contributed by atoms with E-state index >= 15 is 0 Å². The lowest BCUT2D eigenvalue weighted by molar-refractivity contribution is -0.145. The minimum absolute atomic E-state index is 0.104. The normalized spacial score (nSPS) is 17.6. The predicted molar refractivity (Wildman–Crippen MR) is 64.6 cm³/mol. The maximum atomic E-state index is 11.8. The maximum absolute atomic E-state index is 11.8. The molecule has 5 nitrogen and oxygen atoms in total. The van der Waals surface area contributed by atoms with Gasteiger partial charge in [-0.25, -0.2) is 4.79 Å². The van der Waals surface area contributed by atoms with Gasteiger partial charge in [-0.3, -0.25) is 4.79 Å². The maximum Gasteiger partial charge on any atom is 0.317 e. The van der Waals surface area contributed by atoms with Gasteiger partial charge >= 0.3 is 12.0 Å². The van der Waals surface area contributed by atoms with E-state index in [-0.39, 0.29) is 17.9 Å². The Hall–Kier alpha value is -1.26. The number of methoxy groups -OCH3 is 1. The van der Waals surface area contributed by atoms with Crippen LogP contribution in [0.1, 0.15) is 32.6 Å². The number of hydrogen-bond donors (Lipinski definition) is 1. The molecule has 0 saturated heterocycles. The molecule has 0 heterocycles. The molecule has 5 heteroatoms. The Morgan fingerprint density at radius 2 is 2.00 bits per heavy atom. The number of amides is 2. The molecule has 0 spiro atoms. The number of hydrogen-bond acceptors (Lipinski definition) is 3. The summed E-state index contributed by atoms with van der Waals surface area (Å²) < 4.78 is 4.63. The molecule has 98 valence electrons. The topological polar surface area (TPSA) is 58.6 Å². The SMILES string of the molecule is COC(=O)C(C)CN(C)C(=O)NC1CCCC1. The summed E-state index contributed by atoms with van der Waals surface area (Å²) in [7, 11) is 3.06. The Kier molecular flexibility index (Phi) is 5.25. The number of ether oxygens (including phenoxy) is 1. The monoisotopic (exact) mass is 242 g/mol. The van der Waals surface area contributed by atoms with E-state index in [1.165, 1.54) is 20.0 Å². The first kappa shape index (κ1) is 13.8. The van der Waals surface area contributed by atoms with Crippen LogP contribution in [0, 0.1) is 5.92 Å². The average molecular weight is 242 g/mol. The first-order chi connectivity index (χ1) is 8.04. The molecule has 0 aromatic heterocycles. The van der Waals surface area contributed by atoms with E-state index in [9.17, 15) is 9.59 Å². The van der Waals surface area contributed by atoms with Crippen LogP contribution in [0.2, 0.25) is 0 Å². The first-order valence-corrected chi connectivity index (χ1v) is 6.14. The van der Waals surface area contributed by atoms with Crippen LogP contribution in [0.3, 0.4) is 0 Å². The fraction of sp³-hybridized carbons (Fsp3) is 0.833. The highest BCUT2D eigenvalue weighted by molar-refractivity contribution is 5.76. The number of nitrogens with zero attached hydrogens (tertiary/aromatic N) is 1. The quantitative estimate of drug-likeness (QED) is 0.758. The number of rotatable bonds is 4. The van der Waals surface area contributed by atoms with Gasteiger partial charge in [-0.2, -0.15) is 0 Å². The highest BCUT2D eigenvalue weighted by atomic mass is 16.5. The largest absolute Gasteiger partial charge is 0.469 e. The van der Waals surface area contributed by atoms with E-state index in [4.69, 9.17) is 0 Å². The molecule has 1 unspecified atom stereocenters. The third-order valence-electron chi connectivity index (χ3n) is 3.18. The van der Waals surface area contributed by atoms with Crippen molar-refractivity contribution in [3.8, 4) is 0 Å². The van der Waals surface area contributed by atoms with Crippen LogP contribution in [-0.4, -0.2) is 43.6 Å². The summed E-state index contributed by atoms with van der Waals surface area (Å²) in [5.74, 6) is -0.579. The average Bonchev–Trinajstić information content (AvgIpc) is 2.80. The van der Waals surface area contributed by atoms with E-state index < -0.39 is 0 Å². The van der Waals surface area contributed by atoms with E-state index in [0.29, 0.717) is 12.6 Å². The molecule has 1 atom stereocenters. The number of carbonyl (C=O) groups excluding carboxylic acids is 2. The fourth-order valence-electron chi connectivity index (χ4n) is 2.12. The molecule has 17 heavy (non-hydrogen) atoms. The first-order valence-electron chi connectivity index (χ1n) is 6.14. The van der Waals surface area contributed by atoms with Gasteiger partial charge in [-0.05, 0) is 12.8 Å². The van der Waals surface area contributed by atoms with Crippen molar-refractivity contribution in [3.05, 3.63) is 0 Å². The van der Waals surface area contributed by atoms with Crippen LogP contribution in [-0.2, 0) is 9.53 Å². The number of urea groups is 1. The van der Waals surface area contributed by atoms with Crippen molar-refractivity contribution < 1.29 is 14.3 Å². The predicted octanol–water partition coefficient (Wildman–Crippen LogP) is 1.38. The summed E-state index contributed by atoms with van der Waals surface area (Å²) in [6.45, 7) is 2.14. The molecular weight excluding hydrogens is 220 g/mol. The van der Waals surface area contributed by atoms with Gasteiger partial charge in [0.05, 0.1) is 13.0 Å². The van der Waals surface area contributed by atoms with Crippen molar-refractivity contribution in [2.45, 2.75) is 38.6 Å². The van der Waals surface area contributed by atoms with Gasteiger partial charge in [-0.1, -0.05) is 19.8 Å². The highest BCUT2D eigenvalue weighted by Crippen LogP contribution is 2.17. The Bertz CT molecular complexity index is 275. The van der Waals surface area contributed by atoms with Gasteiger partial charge in [0.15, 0.2) is 0 Å². The number of carbonyl (C=O) groups is 2. The van der Waals surface area contributed by atoms with E-state index in [0.717, 1.165) is 12.8 Å². The lowest BCUT2D eigenvalue weighted by atomic mass is 10.2. The minimum atomic E-state index is -0.292. The zero-order valence-electron chi connectivity index (χ0n) is 10.9. The Labute approximate surface area is 102 Å². The highest BCUT2D eigenvalue weighted by Gasteiger charge is 2.22. The molecule has 1 fully saturated rings. The molecule has 0 aromatic carbocycles. The van der Waals surface area contributed by atoms with Crippen LogP contribution >= 0.6 is 0 Å². The fourth-order valence-corrected chi connectivity index (χ4v) is 2.12. The summed E-state index contributed by atoms with van der Waals surface area (Å²) in [6, 6.07) is 0.200. The zero-order chi connectivity index (χ0) is 12.8. The molecule has 2 amide bonds. The summed E-state index contributed by atoms with van der Waals surface area (Å²) in [5, 5.41) is 2.98. The zero-order valence-corrected chi connectivity index (χ0v) is 10.9. The van der Waals surface area contributed by atoms with Gasteiger partial charge in [0.2, 0.25) is 0 Å². The second-order valence-electron chi connectivity index (χ2n) is 4.74. The molecule has 1 saturated carbocycles. The smallest absolute Gasteiger partial charge is 0.317 e. The third kappa shape index (κ3) is 4.24. The van der Waals surface area contributed by atoms with E-state index in [2.05, 4.69) is 10.1 Å². The van der Waals surface area contributed by atoms with E-state index in [1.54, 1.807) is 18.9 Å².